The number of hydrogen-bond donors (Lipinski definition) is 0. The average molecular weight is 424 g/mol. The van der Waals surface area contributed by atoms with Gasteiger partial charge in [-0.1, -0.05) is 29.8 Å². The molecule has 1 aromatic carbocycles. The van der Waals surface area contributed by atoms with Gasteiger partial charge in [-0.05, 0) is 42.9 Å². The minimum Gasteiger partial charge on any atom is -0.492 e. The molecule has 6 nitrogen and oxygen atoms in total. The molecule has 3 aliphatic rings. The van der Waals surface area contributed by atoms with Crippen LogP contribution in [-0.4, -0.2) is 58.3 Å². The van der Waals surface area contributed by atoms with E-state index in [1.165, 1.54) is 18.4 Å². The molecule has 0 amide bonds. The molecule has 0 bridgehead atoms. The molecule has 1 saturated heterocycles. The third kappa shape index (κ3) is 3.32. The normalized spacial score (nSPS) is 22.2. The lowest BCUT2D eigenvalue weighted by molar-refractivity contribution is 0.113. The lowest BCUT2D eigenvalue weighted by atomic mass is 10.0. The second-order valence-electron chi connectivity index (χ2n) is 8.77. The van der Waals surface area contributed by atoms with Crippen LogP contribution in [0.15, 0.2) is 36.5 Å². The van der Waals surface area contributed by atoms with Gasteiger partial charge in [0.1, 0.15) is 23.2 Å². The quantitative estimate of drug-likeness (QED) is 0.643. The number of hydrogen-bond acceptors (Lipinski definition) is 5. The number of aromatic nitrogens is 3. The first-order chi connectivity index (χ1) is 14.8. The molecule has 7 heteroatoms. The Morgan fingerprint density at radius 2 is 1.87 bits per heavy atom. The van der Waals surface area contributed by atoms with Crippen LogP contribution in [0.1, 0.15) is 24.2 Å². The second kappa shape index (κ2) is 7.43. The number of halogens is 1. The van der Waals surface area contributed by atoms with E-state index in [2.05, 4.69) is 54.9 Å². The monoisotopic (exact) mass is 423 g/mol. The van der Waals surface area contributed by atoms with E-state index >= 15 is 0 Å². The molecule has 3 aromatic rings. The molecular weight excluding hydrogens is 398 g/mol. The predicted molar refractivity (Wildman–Crippen MR) is 118 cm³/mol. The van der Waals surface area contributed by atoms with Gasteiger partial charge in [0.15, 0.2) is 5.65 Å². The summed E-state index contributed by atoms with van der Waals surface area (Å²) in [5.41, 5.74) is 3.17. The van der Waals surface area contributed by atoms with E-state index in [1.54, 1.807) is 0 Å². The van der Waals surface area contributed by atoms with Gasteiger partial charge in [-0.2, -0.15) is 0 Å². The van der Waals surface area contributed by atoms with Crippen molar-refractivity contribution in [1.29, 1.82) is 0 Å². The lowest BCUT2D eigenvalue weighted by Gasteiger charge is -2.41. The Morgan fingerprint density at radius 3 is 2.70 bits per heavy atom. The SMILES string of the molecule is Clc1c(N2CCN(C3COc4ccccc4C3)CC2)ccn2c(CC3CC3)nnc12. The fraction of sp³-hybridized carbons (Fsp3) is 0.478. The minimum absolute atomic E-state index is 0.446. The Hall–Kier alpha value is -2.31. The van der Waals surface area contributed by atoms with Crippen LogP contribution in [-0.2, 0) is 12.8 Å². The Balaban J connectivity index is 1.15. The summed E-state index contributed by atoms with van der Waals surface area (Å²) < 4.78 is 8.07. The van der Waals surface area contributed by atoms with Crippen LogP contribution >= 0.6 is 11.6 Å². The standard InChI is InChI=1S/C23H26ClN5O/c24-22-19(7-8-29-21(13-16-5-6-16)25-26-23(22)29)28-11-9-27(10-12-28)18-14-17-3-1-2-4-20(17)30-15-18/h1-4,7-8,16,18H,5-6,9-15H2. The first kappa shape index (κ1) is 18.5. The molecule has 4 heterocycles. The molecular formula is C23H26ClN5O. The highest BCUT2D eigenvalue weighted by molar-refractivity contribution is 6.36. The summed E-state index contributed by atoms with van der Waals surface area (Å²) in [4.78, 5) is 4.94. The number of piperazine rings is 1. The van der Waals surface area contributed by atoms with Crippen molar-refractivity contribution < 1.29 is 4.74 Å². The molecule has 0 radical (unpaired) electrons. The Morgan fingerprint density at radius 1 is 1.03 bits per heavy atom. The van der Waals surface area contributed by atoms with E-state index < -0.39 is 0 Å². The van der Waals surface area contributed by atoms with Gasteiger partial charge in [-0.25, -0.2) is 0 Å². The van der Waals surface area contributed by atoms with Gasteiger partial charge in [0, 0.05) is 44.8 Å². The Bertz CT molecular complexity index is 1070. The van der Waals surface area contributed by atoms with E-state index in [1.807, 2.05) is 6.07 Å². The maximum Gasteiger partial charge on any atom is 0.181 e. The number of rotatable bonds is 4. The summed E-state index contributed by atoms with van der Waals surface area (Å²) >= 11 is 6.78. The highest BCUT2D eigenvalue weighted by Crippen LogP contribution is 2.35. The van der Waals surface area contributed by atoms with E-state index in [0.717, 1.165) is 79.5 Å². The molecule has 0 N–H and O–H groups in total. The van der Waals surface area contributed by atoms with Gasteiger partial charge in [0.25, 0.3) is 0 Å². The van der Waals surface area contributed by atoms with Crippen LogP contribution in [0.2, 0.25) is 5.02 Å². The van der Waals surface area contributed by atoms with Crippen LogP contribution in [0.5, 0.6) is 5.75 Å². The fourth-order valence-electron chi connectivity index (χ4n) is 4.80. The van der Waals surface area contributed by atoms with E-state index in [9.17, 15) is 0 Å². The molecule has 1 saturated carbocycles. The zero-order valence-corrected chi connectivity index (χ0v) is 17.8. The molecule has 1 atom stereocenters. The number of nitrogens with zero attached hydrogens (tertiary/aromatic N) is 5. The van der Waals surface area contributed by atoms with Gasteiger partial charge >= 0.3 is 0 Å². The highest BCUT2D eigenvalue weighted by Gasteiger charge is 2.29. The molecule has 2 aromatic heterocycles. The summed E-state index contributed by atoms with van der Waals surface area (Å²) in [6.45, 7) is 4.70. The van der Waals surface area contributed by atoms with Crippen LogP contribution in [0.25, 0.3) is 5.65 Å². The van der Waals surface area contributed by atoms with Gasteiger partial charge < -0.3 is 9.64 Å². The summed E-state index contributed by atoms with van der Waals surface area (Å²) in [6.07, 6.45) is 6.77. The zero-order chi connectivity index (χ0) is 20.1. The smallest absolute Gasteiger partial charge is 0.181 e. The molecule has 30 heavy (non-hydrogen) atoms. The zero-order valence-electron chi connectivity index (χ0n) is 17.0. The molecule has 2 aliphatic heterocycles. The first-order valence-electron chi connectivity index (χ1n) is 11.0. The number of fused-ring (bicyclic) bond motifs is 2. The summed E-state index contributed by atoms with van der Waals surface area (Å²) in [5, 5.41) is 9.51. The topological polar surface area (TPSA) is 45.9 Å². The van der Waals surface area contributed by atoms with Crippen molar-refractivity contribution in [3.05, 3.63) is 52.9 Å². The second-order valence-corrected chi connectivity index (χ2v) is 9.15. The van der Waals surface area contributed by atoms with Gasteiger partial charge in [-0.15, -0.1) is 10.2 Å². The summed E-state index contributed by atoms with van der Waals surface area (Å²) in [6, 6.07) is 11.0. The molecule has 6 rings (SSSR count). The third-order valence-corrected chi connectivity index (χ3v) is 7.13. The Labute approximate surface area is 181 Å². The van der Waals surface area contributed by atoms with Gasteiger partial charge in [0.05, 0.1) is 5.69 Å². The fourth-order valence-corrected chi connectivity index (χ4v) is 5.11. The maximum absolute atomic E-state index is 6.78. The number of anilines is 1. The minimum atomic E-state index is 0.446. The molecule has 1 unspecified atom stereocenters. The Kier molecular flexibility index (Phi) is 4.57. The summed E-state index contributed by atoms with van der Waals surface area (Å²) in [7, 11) is 0. The van der Waals surface area contributed by atoms with Gasteiger partial charge in [-0.3, -0.25) is 9.30 Å². The number of benzene rings is 1. The predicted octanol–water partition coefficient (Wildman–Crippen LogP) is 3.46. The first-order valence-corrected chi connectivity index (χ1v) is 11.4. The number of pyridine rings is 1. The molecule has 0 spiro atoms. The van der Waals surface area contributed by atoms with Crippen molar-refractivity contribution in [3.63, 3.8) is 0 Å². The van der Waals surface area contributed by atoms with Crippen LogP contribution in [0, 0.1) is 5.92 Å². The number of ether oxygens (including phenoxy) is 1. The maximum atomic E-state index is 6.78. The molecule has 156 valence electrons. The van der Waals surface area contributed by atoms with Crippen LogP contribution in [0.4, 0.5) is 5.69 Å². The van der Waals surface area contributed by atoms with Crippen molar-refractivity contribution in [2.45, 2.75) is 31.7 Å². The van der Waals surface area contributed by atoms with E-state index in [0.29, 0.717) is 6.04 Å². The molecule has 1 aliphatic carbocycles. The van der Waals surface area contributed by atoms with Gasteiger partial charge in [0.2, 0.25) is 0 Å². The number of para-hydroxylation sites is 1. The lowest BCUT2D eigenvalue weighted by Crippen LogP contribution is -2.53. The van der Waals surface area contributed by atoms with E-state index in [-0.39, 0.29) is 0 Å². The third-order valence-electron chi connectivity index (χ3n) is 6.77. The van der Waals surface area contributed by atoms with Crippen LogP contribution in [0.3, 0.4) is 0 Å². The van der Waals surface area contributed by atoms with E-state index in [4.69, 9.17) is 16.3 Å². The van der Waals surface area contributed by atoms with Crippen molar-refractivity contribution in [1.82, 2.24) is 19.5 Å². The average Bonchev–Trinajstić information content (AvgIpc) is 3.52. The highest BCUT2D eigenvalue weighted by atomic mass is 35.5. The van der Waals surface area contributed by atoms with Crippen molar-refractivity contribution >= 4 is 22.9 Å². The van der Waals surface area contributed by atoms with Crippen molar-refractivity contribution in [2.24, 2.45) is 5.92 Å². The van der Waals surface area contributed by atoms with Crippen molar-refractivity contribution in [2.75, 3.05) is 37.7 Å². The molecule has 2 fully saturated rings. The largest absolute Gasteiger partial charge is 0.492 e. The summed E-state index contributed by atoms with van der Waals surface area (Å²) in [5.74, 6) is 2.85. The van der Waals surface area contributed by atoms with Crippen LogP contribution < -0.4 is 9.64 Å². The van der Waals surface area contributed by atoms with Crippen molar-refractivity contribution in [3.8, 4) is 5.75 Å².